The maximum atomic E-state index is 12.5. The monoisotopic (exact) mass is 375 g/mol. The first-order valence-corrected chi connectivity index (χ1v) is 10.0. The van der Waals surface area contributed by atoms with Gasteiger partial charge in [-0.3, -0.25) is 4.79 Å². The number of hydrogen-bond donors (Lipinski definition) is 1. The lowest BCUT2D eigenvalue weighted by molar-refractivity contribution is -0.117. The average molecular weight is 376 g/mol. The molecule has 1 N–H and O–H groups in total. The van der Waals surface area contributed by atoms with Gasteiger partial charge in [0.15, 0.2) is 0 Å². The van der Waals surface area contributed by atoms with Crippen LogP contribution in [-0.2, 0) is 4.79 Å². The Morgan fingerprint density at radius 2 is 1.71 bits per heavy atom. The van der Waals surface area contributed by atoms with E-state index >= 15 is 0 Å². The van der Waals surface area contributed by atoms with E-state index < -0.39 is 0 Å². The normalized spacial score (nSPS) is 14.9. The van der Waals surface area contributed by atoms with Crippen molar-refractivity contribution in [2.45, 2.75) is 66.3 Å². The van der Waals surface area contributed by atoms with E-state index in [-0.39, 0.29) is 17.5 Å². The van der Waals surface area contributed by atoms with Crippen LogP contribution in [0.25, 0.3) is 11.8 Å². The Balaban J connectivity index is 1.98. The molecule has 0 radical (unpaired) electrons. The lowest BCUT2D eigenvalue weighted by Crippen LogP contribution is -2.33. The number of carbonyl (C=O) groups is 1. The van der Waals surface area contributed by atoms with Gasteiger partial charge >= 0.3 is 0 Å². The zero-order chi connectivity index (χ0) is 20.4. The van der Waals surface area contributed by atoms with Crippen molar-refractivity contribution in [2.75, 3.05) is 0 Å². The van der Waals surface area contributed by atoms with Crippen LogP contribution < -0.4 is 5.32 Å². The van der Waals surface area contributed by atoms with Gasteiger partial charge in [0.05, 0.1) is 5.69 Å². The van der Waals surface area contributed by atoms with Gasteiger partial charge in [-0.05, 0) is 76.3 Å². The fourth-order valence-electron chi connectivity index (χ4n) is 4.44. The first kappa shape index (κ1) is 19.9. The molecule has 3 rings (SSSR count). The van der Waals surface area contributed by atoms with E-state index in [1.54, 1.807) is 6.08 Å². The van der Waals surface area contributed by atoms with Crippen LogP contribution in [0.5, 0.6) is 0 Å². The molecule has 1 aromatic carbocycles. The third-order valence-electron chi connectivity index (χ3n) is 5.68. The minimum atomic E-state index is -0.262. The second-order valence-electron chi connectivity index (χ2n) is 8.03. The van der Waals surface area contributed by atoms with Crippen LogP contribution >= 0.6 is 0 Å². The number of aryl methyl sites for hydroxylation is 4. The summed E-state index contributed by atoms with van der Waals surface area (Å²) in [6.07, 6.45) is 6.03. The van der Waals surface area contributed by atoms with Gasteiger partial charge in [-0.25, -0.2) is 0 Å². The molecule has 0 unspecified atom stereocenters. The third kappa shape index (κ3) is 3.89. The summed E-state index contributed by atoms with van der Waals surface area (Å²) in [5.74, 6) is -0.262. The molecule has 1 fully saturated rings. The van der Waals surface area contributed by atoms with Crippen LogP contribution in [0.4, 0.5) is 0 Å². The van der Waals surface area contributed by atoms with Gasteiger partial charge in [0.2, 0.25) is 0 Å². The highest BCUT2D eigenvalue weighted by atomic mass is 16.1. The summed E-state index contributed by atoms with van der Waals surface area (Å²) in [5.41, 5.74) is 8.07. The molecular formula is C24H29N3O. The Labute approximate surface area is 167 Å². The molecule has 0 atom stereocenters. The second-order valence-corrected chi connectivity index (χ2v) is 8.03. The molecule has 2 aromatic rings. The fourth-order valence-corrected chi connectivity index (χ4v) is 4.44. The van der Waals surface area contributed by atoms with E-state index in [1.807, 2.05) is 13.0 Å². The van der Waals surface area contributed by atoms with E-state index in [0.29, 0.717) is 0 Å². The predicted molar refractivity (Wildman–Crippen MR) is 113 cm³/mol. The third-order valence-corrected chi connectivity index (χ3v) is 5.68. The quantitative estimate of drug-likeness (QED) is 0.605. The molecule has 1 saturated carbocycles. The van der Waals surface area contributed by atoms with Crippen molar-refractivity contribution in [2.24, 2.45) is 0 Å². The molecule has 1 heterocycles. The largest absolute Gasteiger partial charge is 0.349 e. The SMILES string of the molecule is Cc1cc(C)c(-n2c(C)cc(/C=C(/C#N)C(=O)NC3CCCC3)c2C)c(C)c1. The molecular weight excluding hydrogens is 346 g/mol. The highest BCUT2D eigenvalue weighted by Gasteiger charge is 2.20. The van der Waals surface area contributed by atoms with Gasteiger partial charge in [0.1, 0.15) is 11.6 Å². The van der Waals surface area contributed by atoms with Gasteiger partial charge in [-0.15, -0.1) is 0 Å². The first-order valence-electron chi connectivity index (χ1n) is 10.0. The molecule has 1 aromatic heterocycles. The summed E-state index contributed by atoms with van der Waals surface area (Å²) in [6, 6.07) is 8.72. The number of aromatic nitrogens is 1. The van der Waals surface area contributed by atoms with Crippen molar-refractivity contribution in [1.82, 2.24) is 9.88 Å². The van der Waals surface area contributed by atoms with Gasteiger partial charge in [0, 0.05) is 17.4 Å². The minimum absolute atomic E-state index is 0.171. The van der Waals surface area contributed by atoms with Crippen molar-refractivity contribution in [3.05, 3.63) is 57.4 Å². The van der Waals surface area contributed by atoms with Gasteiger partial charge < -0.3 is 9.88 Å². The topological polar surface area (TPSA) is 57.8 Å². The molecule has 4 heteroatoms. The van der Waals surface area contributed by atoms with Crippen molar-refractivity contribution in [3.8, 4) is 11.8 Å². The molecule has 0 spiro atoms. The van der Waals surface area contributed by atoms with Crippen molar-refractivity contribution >= 4 is 12.0 Å². The molecule has 146 valence electrons. The number of nitrogens with zero attached hydrogens (tertiary/aromatic N) is 2. The van der Waals surface area contributed by atoms with E-state index in [1.165, 1.54) is 22.4 Å². The van der Waals surface area contributed by atoms with Crippen LogP contribution in [0, 0.1) is 45.9 Å². The van der Waals surface area contributed by atoms with Crippen LogP contribution in [0.3, 0.4) is 0 Å². The first-order chi connectivity index (χ1) is 13.3. The fraction of sp³-hybridized carbons (Fsp3) is 0.417. The summed E-state index contributed by atoms with van der Waals surface area (Å²) in [4.78, 5) is 12.5. The number of nitrogens with one attached hydrogen (secondary N) is 1. The summed E-state index contributed by atoms with van der Waals surface area (Å²) in [5, 5.41) is 12.6. The standard InChI is InChI=1S/C24H29N3O/c1-15-10-16(2)23(17(3)11-15)27-18(4)12-20(19(27)5)13-21(14-25)24(28)26-22-8-6-7-9-22/h10-13,22H,6-9H2,1-5H3,(H,26,28)/b21-13-. The molecule has 0 bridgehead atoms. The Hall–Kier alpha value is -2.80. The summed E-state index contributed by atoms with van der Waals surface area (Å²) in [6.45, 7) is 10.5. The molecule has 1 aliphatic carbocycles. The zero-order valence-electron chi connectivity index (χ0n) is 17.5. The maximum Gasteiger partial charge on any atom is 0.262 e. The molecule has 0 aliphatic heterocycles. The van der Waals surface area contributed by atoms with Crippen LogP contribution in [0.2, 0.25) is 0 Å². The van der Waals surface area contributed by atoms with Gasteiger partial charge in [-0.2, -0.15) is 5.26 Å². The van der Waals surface area contributed by atoms with Crippen LogP contribution in [0.15, 0.2) is 23.8 Å². The summed E-state index contributed by atoms with van der Waals surface area (Å²) >= 11 is 0. The van der Waals surface area contributed by atoms with E-state index in [9.17, 15) is 10.1 Å². The summed E-state index contributed by atoms with van der Waals surface area (Å²) < 4.78 is 2.22. The maximum absolute atomic E-state index is 12.5. The smallest absolute Gasteiger partial charge is 0.262 e. The van der Waals surface area contributed by atoms with Crippen molar-refractivity contribution < 1.29 is 4.79 Å². The molecule has 1 aliphatic rings. The highest BCUT2D eigenvalue weighted by molar-refractivity contribution is 6.02. The Kier molecular flexibility index (Phi) is 5.74. The van der Waals surface area contributed by atoms with E-state index in [4.69, 9.17) is 0 Å². The van der Waals surface area contributed by atoms with Crippen LogP contribution in [-0.4, -0.2) is 16.5 Å². The minimum Gasteiger partial charge on any atom is -0.349 e. The Bertz CT molecular complexity index is 959. The predicted octanol–water partition coefficient (Wildman–Crippen LogP) is 4.99. The van der Waals surface area contributed by atoms with Gasteiger partial charge in [0.25, 0.3) is 5.91 Å². The van der Waals surface area contributed by atoms with Crippen LogP contribution in [0.1, 0.15) is 59.3 Å². The number of benzene rings is 1. The number of hydrogen-bond acceptors (Lipinski definition) is 2. The molecule has 0 saturated heterocycles. The summed E-state index contributed by atoms with van der Waals surface area (Å²) in [7, 11) is 0. The molecule has 28 heavy (non-hydrogen) atoms. The lowest BCUT2D eigenvalue weighted by atomic mass is 10.0. The number of rotatable bonds is 4. The molecule has 4 nitrogen and oxygen atoms in total. The molecule has 1 amide bonds. The van der Waals surface area contributed by atoms with E-state index in [0.717, 1.165) is 42.6 Å². The van der Waals surface area contributed by atoms with Crippen molar-refractivity contribution in [1.29, 1.82) is 5.26 Å². The zero-order valence-corrected chi connectivity index (χ0v) is 17.5. The Morgan fingerprint density at radius 1 is 1.11 bits per heavy atom. The Morgan fingerprint density at radius 3 is 2.29 bits per heavy atom. The highest BCUT2D eigenvalue weighted by Crippen LogP contribution is 2.28. The second kappa shape index (κ2) is 8.06. The van der Waals surface area contributed by atoms with Crippen molar-refractivity contribution in [3.63, 3.8) is 0 Å². The lowest BCUT2D eigenvalue weighted by Gasteiger charge is -2.17. The van der Waals surface area contributed by atoms with E-state index in [2.05, 4.69) is 55.8 Å². The number of nitriles is 1. The number of amides is 1. The van der Waals surface area contributed by atoms with Gasteiger partial charge in [-0.1, -0.05) is 30.5 Å². The average Bonchev–Trinajstić information content (AvgIpc) is 3.22. The number of carbonyl (C=O) groups excluding carboxylic acids is 1.